The van der Waals surface area contributed by atoms with E-state index in [0.29, 0.717) is 6.42 Å². The highest BCUT2D eigenvalue weighted by Crippen LogP contribution is 2.16. The molecule has 0 spiro atoms. The molecule has 0 aliphatic carbocycles. The summed E-state index contributed by atoms with van der Waals surface area (Å²) in [4.78, 5) is 10.9. The van der Waals surface area contributed by atoms with E-state index in [4.69, 9.17) is 17.4 Å². The molecule has 3 nitrogen and oxygen atoms in total. The van der Waals surface area contributed by atoms with E-state index >= 15 is 0 Å². The largest absolute Gasteiger partial charge is 0.289 e. The summed E-state index contributed by atoms with van der Waals surface area (Å²) < 4.78 is 0.871. The summed E-state index contributed by atoms with van der Waals surface area (Å²) in [5, 5.41) is 8.45. The highest BCUT2D eigenvalue weighted by molar-refractivity contribution is 8.11. The van der Waals surface area contributed by atoms with Crippen LogP contribution in [0.2, 0.25) is 0 Å². The average Bonchev–Trinajstić information content (AvgIpc) is 2.91. The first kappa shape index (κ1) is 37.9. The quantitative estimate of drug-likeness (QED) is 0.0247. The van der Waals surface area contributed by atoms with Gasteiger partial charge in [-0.3, -0.25) is 10.0 Å². The lowest BCUT2D eigenvalue weighted by atomic mass is 10.0. The van der Waals surface area contributed by atoms with Crippen molar-refractivity contribution in [3.05, 3.63) is 0 Å². The third-order valence-electron chi connectivity index (χ3n) is 7.92. The lowest BCUT2D eigenvalue weighted by molar-refractivity contribution is -0.129. The zero-order valence-electron chi connectivity index (χ0n) is 25.1. The summed E-state index contributed by atoms with van der Waals surface area (Å²) in [6.07, 6.45) is 41.4. The van der Waals surface area contributed by atoms with Gasteiger partial charge in [0, 0.05) is 10.6 Å². The summed E-state index contributed by atoms with van der Waals surface area (Å²) in [6, 6.07) is 0. The Hall–Kier alpha value is -0.130. The summed E-state index contributed by atoms with van der Waals surface area (Å²) in [6.45, 7) is 0. The molecule has 2 N–H and O–H groups in total. The van der Waals surface area contributed by atoms with Crippen LogP contribution in [0.3, 0.4) is 0 Å². The van der Waals surface area contributed by atoms with Gasteiger partial charge in [-0.25, -0.2) is 5.48 Å². The number of rotatable bonds is 32. The van der Waals surface area contributed by atoms with Crippen LogP contribution in [-0.4, -0.2) is 15.3 Å². The van der Waals surface area contributed by atoms with E-state index in [1.165, 1.54) is 173 Å². The Bertz CT molecular complexity index is 501. The number of unbranched alkanes of at least 4 members (excludes halogenated alkanes) is 28. The van der Waals surface area contributed by atoms with Crippen molar-refractivity contribution in [1.29, 1.82) is 0 Å². The number of thiol groups is 1. The van der Waals surface area contributed by atoms with E-state index in [9.17, 15) is 4.79 Å². The Morgan fingerprint density at radius 1 is 0.421 bits per heavy atom. The van der Waals surface area contributed by atoms with Crippen LogP contribution < -0.4 is 5.48 Å². The molecule has 0 aliphatic heterocycles. The van der Waals surface area contributed by atoms with Gasteiger partial charge in [-0.15, -0.1) is 12.6 Å². The normalized spacial score (nSPS) is 11.2. The zero-order valence-corrected chi connectivity index (χ0v) is 26.8. The van der Waals surface area contributed by atoms with Gasteiger partial charge in [0.15, 0.2) is 0 Å². The number of nitrogens with one attached hydrogen (secondary N) is 1. The summed E-state index contributed by atoms with van der Waals surface area (Å²) in [5.74, 6) is -0.257. The molecule has 0 radical (unpaired) electrons. The summed E-state index contributed by atoms with van der Waals surface area (Å²) in [5.41, 5.74) is 1.70. The minimum absolute atomic E-state index is 0.257. The highest BCUT2D eigenvalue weighted by Gasteiger charge is 1.99. The molecule has 0 saturated heterocycles. The third-order valence-corrected chi connectivity index (χ3v) is 8.35. The van der Waals surface area contributed by atoms with Crippen LogP contribution in [0, 0.1) is 0 Å². The van der Waals surface area contributed by atoms with E-state index < -0.39 is 0 Å². The Kier molecular flexibility index (Phi) is 33.0. The maximum Gasteiger partial charge on any atom is 0.243 e. The Balaban J connectivity index is 3.05. The van der Waals surface area contributed by atoms with Crippen LogP contribution in [0.1, 0.15) is 199 Å². The molecule has 0 atom stereocenters. The van der Waals surface area contributed by atoms with Crippen molar-refractivity contribution in [1.82, 2.24) is 5.48 Å². The standard InChI is InChI=1S/C33H65NO2S2/c35-32(34-36)30-28-26-24-22-20-18-16-14-12-10-8-6-4-2-1-3-5-7-9-11-13-15-17-19-21-23-25-27-29-31-33(37)38/h36H,1-31H2,(H,34,35)(H,37,38). The molecular weight excluding hydrogens is 507 g/mol. The molecule has 0 rings (SSSR count). The minimum atomic E-state index is -0.257. The first-order chi connectivity index (χ1) is 18.7. The number of thiocarbonyl (C=S) groups is 1. The number of hydrogen-bond donors (Lipinski definition) is 3. The van der Waals surface area contributed by atoms with Gasteiger partial charge < -0.3 is 0 Å². The topological polar surface area (TPSA) is 49.3 Å². The van der Waals surface area contributed by atoms with Crippen LogP contribution in [0.4, 0.5) is 0 Å². The molecule has 0 saturated carbocycles. The predicted octanol–water partition coefficient (Wildman–Crippen LogP) is 11.8. The SMILES string of the molecule is O=C(CCCCCCCCCCCCCCCCCCCCCCCCCCCCCCCC(=S)S)NO. The van der Waals surface area contributed by atoms with Gasteiger partial charge >= 0.3 is 0 Å². The van der Waals surface area contributed by atoms with Crippen molar-refractivity contribution >= 4 is 35.0 Å². The molecule has 0 aliphatic rings. The van der Waals surface area contributed by atoms with Gasteiger partial charge in [0.25, 0.3) is 0 Å². The number of hydroxylamine groups is 1. The maximum absolute atomic E-state index is 10.9. The fraction of sp³-hybridized carbons (Fsp3) is 0.939. The zero-order chi connectivity index (χ0) is 27.8. The van der Waals surface area contributed by atoms with E-state index in [0.717, 1.165) is 23.5 Å². The van der Waals surface area contributed by atoms with Gasteiger partial charge in [0.05, 0.1) is 0 Å². The Labute approximate surface area is 248 Å². The first-order valence-electron chi connectivity index (χ1n) is 16.8. The molecule has 0 aromatic rings. The van der Waals surface area contributed by atoms with Crippen molar-refractivity contribution in [3.63, 3.8) is 0 Å². The van der Waals surface area contributed by atoms with E-state index in [1.807, 2.05) is 0 Å². The van der Waals surface area contributed by atoms with E-state index in [-0.39, 0.29) is 5.91 Å². The molecule has 38 heavy (non-hydrogen) atoms. The number of hydrogen-bond acceptors (Lipinski definition) is 3. The fourth-order valence-corrected chi connectivity index (χ4v) is 5.69. The predicted molar refractivity (Wildman–Crippen MR) is 175 cm³/mol. The van der Waals surface area contributed by atoms with Crippen molar-refractivity contribution < 1.29 is 10.0 Å². The average molecular weight is 572 g/mol. The smallest absolute Gasteiger partial charge is 0.243 e. The van der Waals surface area contributed by atoms with Crippen molar-refractivity contribution in [2.24, 2.45) is 0 Å². The molecule has 0 aromatic heterocycles. The second-order valence-electron chi connectivity index (χ2n) is 11.7. The molecule has 226 valence electrons. The number of amides is 1. The van der Waals surface area contributed by atoms with Crippen molar-refractivity contribution in [2.45, 2.75) is 199 Å². The molecule has 0 unspecified atom stereocenters. The maximum atomic E-state index is 10.9. The van der Waals surface area contributed by atoms with E-state index in [2.05, 4.69) is 12.6 Å². The van der Waals surface area contributed by atoms with Gasteiger partial charge in [0.2, 0.25) is 5.91 Å². The lowest BCUT2D eigenvalue weighted by Gasteiger charge is -2.05. The van der Waals surface area contributed by atoms with Crippen LogP contribution in [-0.2, 0) is 4.79 Å². The second kappa shape index (κ2) is 33.1. The van der Waals surface area contributed by atoms with Gasteiger partial charge in [-0.05, 0) is 19.3 Å². The molecule has 0 fully saturated rings. The molecule has 1 amide bonds. The first-order valence-corrected chi connectivity index (χ1v) is 17.7. The van der Waals surface area contributed by atoms with Gasteiger partial charge in [-0.2, -0.15) is 0 Å². The number of carbonyl (C=O) groups excluding carboxylic acids is 1. The monoisotopic (exact) mass is 571 g/mol. The highest BCUT2D eigenvalue weighted by atomic mass is 32.1. The third kappa shape index (κ3) is 33.9. The number of carbonyl (C=O) groups is 1. The summed E-state index contributed by atoms with van der Waals surface area (Å²) in [7, 11) is 0. The molecule has 0 bridgehead atoms. The van der Waals surface area contributed by atoms with Crippen LogP contribution in [0.15, 0.2) is 0 Å². The Morgan fingerprint density at radius 3 is 0.789 bits per heavy atom. The Morgan fingerprint density at radius 2 is 0.605 bits per heavy atom. The molecule has 5 heteroatoms. The second-order valence-corrected chi connectivity index (χ2v) is 13.0. The van der Waals surface area contributed by atoms with Gasteiger partial charge in [0.1, 0.15) is 0 Å². The lowest BCUT2D eigenvalue weighted by Crippen LogP contribution is -2.17. The van der Waals surface area contributed by atoms with Crippen LogP contribution in [0.25, 0.3) is 0 Å². The van der Waals surface area contributed by atoms with Gasteiger partial charge in [-0.1, -0.05) is 186 Å². The molecule has 0 heterocycles. The van der Waals surface area contributed by atoms with Crippen LogP contribution >= 0.6 is 24.8 Å². The van der Waals surface area contributed by atoms with E-state index in [1.54, 1.807) is 5.48 Å². The fourth-order valence-electron chi connectivity index (χ4n) is 5.39. The molecule has 0 aromatic carbocycles. The van der Waals surface area contributed by atoms with Crippen LogP contribution in [0.5, 0.6) is 0 Å². The molecular formula is C33H65NO2S2. The van der Waals surface area contributed by atoms with Crippen molar-refractivity contribution in [2.75, 3.05) is 0 Å². The summed E-state index contributed by atoms with van der Waals surface area (Å²) >= 11 is 9.19. The minimum Gasteiger partial charge on any atom is -0.289 e. The van der Waals surface area contributed by atoms with Crippen molar-refractivity contribution in [3.8, 4) is 0 Å².